The molecule has 0 unspecified atom stereocenters. The molecule has 2 atom stereocenters. The van der Waals surface area contributed by atoms with Crippen LogP contribution in [0.5, 0.6) is 6.01 Å². The van der Waals surface area contributed by atoms with Gasteiger partial charge in [0.1, 0.15) is 23.9 Å². The zero-order chi connectivity index (χ0) is 22.9. The van der Waals surface area contributed by atoms with Crippen LogP contribution in [-0.2, 0) is 0 Å². The third-order valence-corrected chi connectivity index (χ3v) is 6.48. The fraction of sp³-hybridized carbons (Fsp3) is 0.478. The molecule has 174 valence electrons. The second kappa shape index (κ2) is 9.11. The summed E-state index contributed by atoms with van der Waals surface area (Å²) in [5.74, 6) is -0.701. The highest BCUT2D eigenvalue weighted by Gasteiger charge is 2.26. The van der Waals surface area contributed by atoms with Crippen LogP contribution in [0.15, 0.2) is 24.5 Å². The molecule has 0 aromatic carbocycles. The maximum Gasteiger partial charge on any atom is 0.320 e. The van der Waals surface area contributed by atoms with Crippen molar-refractivity contribution in [3.05, 3.63) is 36.2 Å². The Kier molecular flexibility index (Phi) is 6.03. The Hall–Kier alpha value is -2.98. The molecule has 5 rings (SSSR count). The third-order valence-electron chi connectivity index (χ3n) is 6.48. The van der Waals surface area contributed by atoms with Crippen LogP contribution in [0.4, 0.5) is 14.6 Å². The van der Waals surface area contributed by atoms with Gasteiger partial charge in [0.15, 0.2) is 11.5 Å². The van der Waals surface area contributed by atoms with Crippen LogP contribution >= 0.6 is 0 Å². The minimum absolute atomic E-state index is 0.0372. The van der Waals surface area contributed by atoms with Crippen LogP contribution in [0.2, 0.25) is 0 Å². The highest BCUT2D eigenvalue weighted by molar-refractivity contribution is 5.89. The Labute approximate surface area is 191 Å². The highest BCUT2D eigenvalue weighted by atomic mass is 19.1. The number of ether oxygens (including phenoxy) is 1. The standard InChI is InChI=1S/C23H27F2N7O/c1-14-11-27-7-9-32(14)22-17-10-18(24)20(16-5-6-26-12-19(16)25)28-21(17)29-23(30-22)33-13-15-4-3-8-31(15)2/h5-6,10,12,14-15,27H,3-4,7-9,11,13H2,1-2H3/t14-,15+/m1/s1. The number of piperazine rings is 1. The first-order valence-corrected chi connectivity index (χ1v) is 11.3. The molecule has 0 bridgehead atoms. The average molecular weight is 456 g/mol. The van der Waals surface area contributed by atoms with Crippen molar-refractivity contribution in [3.63, 3.8) is 0 Å². The van der Waals surface area contributed by atoms with Gasteiger partial charge in [-0.1, -0.05) is 0 Å². The summed E-state index contributed by atoms with van der Waals surface area (Å²) >= 11 is 0. The first-order valence-electron chi connectivity index (χ1n) is 11.3. The molecule has 0 aliphatic carbocycles. The molecule has 0 amide bonds. The van der Waals surface area contributed by atoms with Gasteiger partial charge in [0.2, 0.25) is 0 Å². The quantitative estimate of drug-likeness (QED) is 0.629. The summed E-state index contributed by atoms with van der Waals surface area (Å²) in [5, 5.41) is 3.83. The summed E-state index contributed by atoms with van der Waals surface area (Å²) in [6.07, 6.45) is 4.64. The molecule has 33 heavy (non-hydrogen) atoms. The first-order chi connectivity index (χ1) is 16.0. The number of halogens is 2. The van der Waals surface area contributed by atoms with Crippen LogP contribution in [0, 0.1) is 11.6 Å². The van der Waals surface area contributed by atoms with Gasteiger partial charge in [-0.2, -0.15) is 9.97 Å². The number of rotatable bonds is 5. The van der Waals surface area contributed by atoms with Gasteiger partial charge in [-0.25, -0.2) is 13.8 Å². The van der Waals surface area contributed by atoms with E-state index in [-0.39, 0.29) is 29.0 Å². The average Bonchev–Trinajstić information content (AvgIpc) is 3.22. The molecule has 0 spiro atoms. The Morgan fingerprint density at radius 1 is 1.18 bits per heavy atom. The highest BCUT2D eigenvalue weighted by Crippen LogP contribution is 2.32. The Morgan fingerprint density at radius 2 is 2.06 bits per heavy atom. The van der Waals surface area contributed by atoms with Gasteiger partial charge in [-0.3, -0.25) is 4.98 Å². The molecule has 2 saturated heterocycles. The zero-order valence-corrected chi connectivity index (χ0v) is 18.8. The molecule has 2 aliphatic rings. The number of hydrogen-bond donors (Lipinski definition) is 1. The van der Waals surface area contributed by atoms with E-state index in [4.69, 9.17) is 4.74 Å². The normalized spacial score (nSPS) is 21.6. The van der Waals surface area contributed by atoms with Crippen molar-refractivity contribution in [2.45, 2.75) is 31.8 Å². The van der Waals surface area contributed by atoms with Crippen LogP contribution in [-0.4, -0.2) is 76.8 Å². The van der Waals surface area contributed by atoms with Gasteiger partial charge in [0.25, 0.3) is 0 Å². The van der Waals surface area contributed by atoms with Crippen molar-refractivity contribution in [2.24, 2.45) is 0 Å². The van der Waals surface area contributed by atoms with Crippen LogP contribution in [0.3, 0.4) is 0 Å². The molecule has 2 fully saturated rings. The number of aromatic nitrogens is 4. The van der Waals surface area contributed by atoms with Crippen molar-refractivity contribution >= 4 is 16.9 Å². The number of fused-ring (bicyclic) bond motifs is 1. The predicted octanol–water partition coefficient (Wildman–Crippen LogP) is 2.64. The van der Waals surface area contributed by atoms with Gasteiger partial charge >= 0.3 is 6.01 Å². The largest absolute Gasteiger partial charge is 0.462 e. The minimum Gasteiger partial charge on any atom is -0.462 e. The zero-order valence-electron chi connectivity index (χ0n) is 18.8. The number of likely N-dealkylation sites (tertiary alicyclic amines) is 1. The van der Waals surface area contributed by atoms with E-state index in [2.05, 4.69) is 49.0 Å². The number of anilines is 1. The van der Waals surface area contributed by atoms with Crippen molar-refractivity contribution < 1.29 is 13.5 Å². The van der Waals surface area contributed by atoms with E-state index in [9.17, 15) is 4.39 Å². The minimum atomic E-state index is -0.644. The van der Waals surface area contributed by atoms with Crippen LogP contribution in [0.1, 0.15) is 19.8 Å². The Bertz CT molecular complexity index is 1160. The van der Waals surface area contributed by atoms with Crippen LogP contribution in [0.25, 0.3) is 22.3 Å². The summed E-state index contributed by atoms with van der Waals surface area (Å²) in [6.45, 7) is 5.86. The number of pyridine rings is 2. The molecule has 8 nitrogen and oxygen atoms in total. The lowest BCUT2D eigenvalue weighted by molar-refractivity contribution is 0.188. The summed E-state index contributed by atoms with van der Waals surface area (Å²) < 4.78 is 35.5. The van der Waals surface area contributed by atoms with Crippen molar-refractivity contribution in [3.8, 4) is 17.3 Å². The fourth-order valence-electron chi connectivity index (χ4n) is 4.55. The van der Waals surface area contributed by atoms with Crippen molar-refractivity contribution in [2.75, 3.05) is 44.7 Å². The van der Waals surface area contributed by atoms with Gasteiger partial charge in [0.05, 0.1) is 11.6 Å². The first kappa shape index (κ1) is 21.8. The molecule has 10 heteroatoms. The van der Waals surface area contributed by atoms with E-state index in [0.717, 1.165) is 38.7 Å². The SMILES string of the molecule is C[C@@H]1CNCCN1c1nc(OC[C@@H]2CCCN2C)nc2nc(-c3ccncc3F)c(F)cc12. The lowest BCUT2D eigenvalue weighted by Crippen LogP contribution is -2.50. The van der Waals surface area contributed by atoms with Gasteiger partial charge in [0, 0.05) is 43.5 Å². The van der Waals surface area contributed by atoms with Crippen LogP contribution < -0.4 is 15.0 Å². The summed E-state index contributed by atoms with van der Waals surface area (Å²) in [7, 11) is 2.08. The molecular formula is C23H27F2N7O. The van der Waals surface area contributed by atoms with Gasteiger partial charge < -0.3 is 19.9 Å². The summed E-state index contributed by atoms with van der Waals surface area (Å²) in [5.41, 5.74) is 0.199. The molecule has 0 radical (unpaired) electrons. The van der Waals surface area contributed by atoms with E-state index >= 15 is 4.39 Å². The van der Waals surface area contributed by atoms with E-state index in [1.165, 1.54) is 18.3 Å². The Morgan fingerprint density at radius 3 is 2.82 bits per heavy atom. The molecule has 5 heterocycles. The second-order valence-electron chi connectivity index (χ2n) is 8.71. The van der Waals surface area contributed by atoms with E-state index in [0.29, 0.717) is 30.4 Å². The number of likely N-dealkylation sites (N-methyl/N-ethyl adjacent to an activating group) is 1. The monoisotopic (exact) mass is 455 g/mol. The van der Waals surface area contributed by atoms with Crippen molar-refractivity contribution in [1.29, 1.82) is 0 Å². The number of hydrogen-bond acceptors (Lipinski definition) is 8. The van der Waals surface area contributed by atoms with E-state index in [1.54, 1.807) is 0 Å². The maximum atomic E-state index is 15.2. The second-order valence-corrected chi connectivity index (χ2v) is 8.71. The maximum absolute atomic E-state index is 15.2. The molecule has 1 N–H and O–H groups in total. The molecule has 3 aromatic rings. The topological polar surface area (TPSA) is 79.3 Å². The summed E-state index contributed by atoms with van der Waals surface area (Å²) in [4.78, 5) is 21.7. The number of nitrogens with one attached hydrogen (secondary N) is 1. The van der Waals surface area contributed by atoms with Gasteiger partial charge in [-0.15, -0.1) is 0 Å². The third kappa shape index (κ3) is 4.32. The van der Waals surface area contributed by atoms with E-state index in [1.807, 2.05) is 0 Å². The molecule has 0 saturated carbocycles. The molecular weight excluding hydrogens is 428 g/mol. The van der Waals surface area contributed by atoms with Gasteiger partial charge in [-0.05, 0) is 45.5 Å². The smallest absolute Gasteiger partial charge is 0.320 e. The summed E-state index contributed by atoms with van der Waals surface area (Å²) in [6, 6.07) is 3.39. The lowest BCUT2D eigenvalue weighted by atomic mass is 10.1. The molecule has 3 aromatic heterocycles. The molecule has 2 aliphatic heterocycles. The fourth-order valence-corrected chi connectivity index (χ4v) is 4.55. The van der Waals surface area contributed by atoms with E-state index < -0.39 is 11.6 Å². The van der Waals surface area contributed by atoms with Crippen molar-refractivity contribution in [1.82, 2.24) is 30.2 Å². The Balaban J connectivity index is 1.59. The predicted molar refractivity (Wildman–Crippen MR) is 121 cm³/mol. The lowest BCUT2D eigenvalue weighted by Gasteiger charge is -2.35. The number of nitrogens with zero attached hydrogens (tertiary/aromatic N) is 6.